The van der Waals surface area contributed by atoms with Gasteiger partial charge in [0.25, 0.3) is 0 Å². The van der Waals surface area contributed by atoms with Crippen LogP contribution in [0.5, 0.6) is 0 Å². The predicted molar refractivity (Wildman–Crippen MR) is 86.6 cm³/mol. The van der Waals surface area contributed by atoms with Crippen molar-refractivity contribution in [2.75, 3.05) is 19.4 Å². The van der Waals surface area contributed by atoms with Crippen LogP contribution in [0.15, 0.2) is 41.3 Å². The standard InChI is InChI=1S/C16H22N2O2S/c1-21-15-6-3-12(4-7-15)8-9-17-16(20)18-14-5-2-13(10-14)11-19/h2-7,13-14,19H,8-11H2,1H3,(H2,17,18,20)/t13-,14+/m0/s1. The summed E-state index contributed by atoms with van der Waals surface area (Å²) in [6, 6.07) is 8.26. The second kappa shape index (κ2) is 8.10. The normalized spacial score (nSPS) is 20.5. The average Bonchev–Trinajstić information content (AvgIpc) is 2.95. The molecule has 1 aliphatic carbocycles. The van der Waals surface area contributed by atoms with Crippen molar-refractivity contribution in [3.8, 4) is 0 Å². The van der Waals surface area contributed by atoms with Gasteiger partial charge in [-0.15, -0.1) is 11.8 Å². The van der Waals surface area contributed by atoms with Gasteiger partial charge in [0, 0.05) is 30.0 Å². The Morgan fingerprint density at radius 3 is 2.71 bits per heavy atom. The van der Waals surface area contributed by atoms with E-state index < -0.39 is 0 Å². The van der Waals surface area contributed by atoms with Gasteiger partial charge in [0.2, 0.25) is 0 Å². The van der Waals surface area contributed by atoms with Gasteiger partial charge in [-0.1, -0.05) is 24.3 Å². The molecular weight excluding hydrogens is 284 g/mol. The number of aliphatic hydroxyl groups is 1. The Morgan fingerprint density at radius 2 is 2.10 bits per heavy atom. The van der Waals surface area contributed by atoms with E-state index in [1.165, 1.54) is 10.5 Å². The summed E-state index contributed by atoms with van der Waals surface area (Å²) in [5, 5.41) is 14.8. The highest BCUT2D eigenvalue weighted by Gasteiger charge is 2.19. The summed E-state index contributed by atoms with van der Waals surface area (Å²) in [5.74, 6) is 0.172. The molecule has 0 spiro atoms. The summed E-state index contributed by atoms with van der Waals surface area (Å²) >= 11 is 1.72. The Bertz CT molecular complexity index is 488. The molecule has 0 radical (unpaired) electrons. The minimum atomic E-state index is -0.149. The van der Waals surface area contributed by atoms with Crippen LogP contribution in [0.2, 0.25) is 0 Å². The van der Waals surface area contributed by atoms with Gasteiger partial charge in [-0.25, -0.2) is 4.79 Å². The maximum absolute atomic E-state index is 11.8. The summed E-state index contributed by atoms with van der Waals surface area (Å²) in [4.78, 5) is 13.0. The first-order chi connectivity index (χ1) is 10.2. The number of aliphatic hydroxyl groups excluding tert-OH is 1. The molecule has 1 aliphatic rings. The first-order valence-corrected chi connectivity index (χ1v) is 8.40. The second-order valence-electron chi connectivity index (χ2n) is 5.17. The molecule has 4 nitrogen and oxygen atoms in total. The maximum Gasteiger partial charge on any atom is 0.315 e. The lowest BCUT2D eigenvalue weighted by Crippen LogP contribution is -2.41. The fraction of sp³-hybridized carbons (Fsp3) is 0.438. The van der Waals surface area contributed by atoms with E-state index in [1.54, 1.807) is 11.8 Å². The molecule has 0 saturated heterocycles. The van der Waals surface area contributed by atoms with Crippen LogP contribution in [0.3, 0.4) is 0 Å². The molecule has 3 N–H and O–H groups in total. The van der Waals surface area contributed by atoms with Crippen LogP contribution in [0.4, 0.5) is 4.79 Å². The van der Waals surface area contributed by atoms with Gasteiger partial charge in [0.05, 0.1) is 0 Å². The number of amides is 2. The zero-order valence-electron chi connectivity index (χ0n) is 12.2. The van der Waals surface area contributed by atoms with Crippen molar-refractivity contribution < 1.29 is 9.90 Å². The molecule has 2 rings (SSSR count). The molecule has 2 atom stereocenters. The zero-order chi connectivity index (χ0) is 15.1. The van der Waals surface area contributed by atoms with Crippen molar-refractivity contribution in [1.82, 2.24) is 10.6 Å². The highest BCUT2D eigenvalue weighted by Crippen LogP contribution is 2.17. The van der Waals surface area contributed by atoms with E-state index in [4.69, 9.17) is 5.11 Å². The topological polar surface area (TPSA) is 61.4 Å². The molecular formula is C16H22N2O2S. The van der Waals surface area contributed by atoms with Gasteiger partial charge >= 0.3 is 6.03 Å². The van der Waals surface area contributed by atoms with Crippen LogP contribution >= 0.6 is 11.8 Å². The zero-order valence-corrected chi connectivity index (χ0v) is 13.0. The summed E-state index contributed by atoms with van der Waals surface area (Å²) < 4.78 is 0. The Labute approximate surface area is 130 Å². The first kappa shape index (κ1) is 15.9. The smallest absolute Gasteiger partial charge is 0.315 e. The molecule has 5 heteroatoms. The predicted octanol–water partition coefficient (Wildman–Crippen LogP) is 2.19. The fourth-order valence-electron chi connectivity index (χ4n) is 2.35. The van der Waals surface area contributed by atoms with Crippen LogP contribution in [0.25, 0.3) is 0 Å². The number of hydrogen-bond acceptors (Lipinski definition) is 3. The summed E-state index contributed by atoms with van der Waals surface area (Å²) in [5.41, 5.74) is 1.22. The molecule has 0 saturated carbocycles. The third-order valence-electron chi connectivity index (χ3n) is 3.58. The molecule has 21 heavy (non-hydrogen) atoms. The lowest BCUT2D eigenvalue weighted by atomic mass is 10.1. The minimum Gasteiger partial charge on any atom is -0.396 e. The Kier molecular flexibility index (Phi) is 6.14. The molecule has 0 heterocycles. The van der Waals surface area contributed by atoms with E-state index in [2.05, 4.69) is 41.2 Å². The largest absolute Gasteiger partial charge is 0.396 e. The van der Waals surface area contributed by atoms with Crippen LogP contribution < -0.4 is 10.6 Å². The van der Waals surface area contributed by atoms with E-state index >= 15 is 0 Å². The number of carbonyl (C=O) groups excluding carboxylic acids is 1. The van der Waals surface area contributed by atoms with Gasteiger partial charge in [-0.2, -0.15) is 0 Å². The molecule has 0 bridgehead atoms. The Morgan fingerprint density at radius 1 is 1.33 bits per heavy atom. The van der Waals surface area contributed by atoms with Crippen molar-refractivity contribution in [2.24, 2.45) is 5.92 Å². The van der Waals surface area contributed by atoms with Crippen LogP contribution in [0.1, 0.15) is 12.0 Å². The molecule has 1 aromatic rings. The van der Waals surface area contributed by atoms with Crippen LogP contribution in [0, 0.1) is 5.92 Å². The van der Waals surface area contributed by atoms with Gasteiger partial charge in [-0.05, 0) is 36.8 Å². The maximum atomic E-state index is 11.8. The van der Waals surface area contributed by atoms with Crippen LogP contribution in [-0.2, 0) is 6.42 Å². The van der Waals surface area contributed by atoms with Crippen LogP contribution in [-0.4, -0.2) is 36.6 Å². The van der Waals surface area contributed by atoms with Gasteiger partial charge in [0.15, 0.2) is 0 Å². The second-order valence-corrected chi connectivity index (χ2v) is 6.05. The minimum absolute atomic E-state index is 0.0306. The fourth-order valence-corrected chi connectivity index (χ4v) is 2.76. The Balaban J connectivity index is 1.66. The Hall–Kier alpha value is -1.46. The number of rotatable bonds is 6. The number of hydrogen-bond donors (Lipinski definition) is 3. The number of benzene rings is 1. The first-order valence-electron chi connectivity index (χ1n) is 7.17. The van der Waals surface area contributed by atoms with Crippen molar-refractivity contribution in [1.29, 1.82) is 0 Å². The highest BCUT2D eigenvalue weighted by molar-refractivity contribution is 7.98. The number of thioether (sulfide) groups is 1. The van der Waals surface area contributed by atoms with Crippen molar-refractivity contribution in [3.63, 3.8) is 0 Å². The molecule has 2 amide bonds. The monoisotopic (exact) mass is 306 g/mol. The van der Waals surface area contributed by atoms with E-state index in [9.17, 15) is 4.79 Å². The van der Waals surface area contributed by atoms with Crippen molar-refractivity contribution >= 4 is 17.8 Å². The number of nitrogens with one attached hydrogen (secondary N) is 2. The van der Waals surface area contributed by atoms with Gasteiger partial charge in [-0.3, -0.25) is 0 Å². The van der Waals surface area contributed by atoms with Crippen molar-refractivity contribution in [3.05, 3.63) is 42.0 Å². The SMILES string of the molecule is CSc1ccc(CCNC(=O)N[C@@H]2C=C[C@H](CO)C2)cc1. The van der Waals surface area contributed by atoms with Gasteiger partial charge < -0.3 is 15.7 Å². The summed E-state index contributed by atoms with van der Waals surface area (Å²) in [6.07, 6.45) is 7.56. The summed E-state index contributed by atoms with van der Waals surface area (Å²) in [7, 11) is 0. The molecule has 114 valence electrons. The average molecular weight is 306 g/mol. The molecule has 1 aromatic carbocycles. The third-order valence-corrected chi connectivity index (χ3v) is 4.33. The quantitative estimate of drug-likeness (QED) is 0.558. The highest BCUT2D eigenvalue weighted by atomic mass is 32.2. The lowest BCUT2D eigenvalue weighted by Gasteiger charge is -2.13. The molecule has 0 aromatic heterocycles. The summed E-state index contributed by atoms with van der Waals surface area (Å²) in [6.45, 7) is 0.757. The molecule has 0 fully saturated rings. The van der Waals surface area contributed by atoms with E-state index in [0.717, 1.165) is 12.8 Å². The lowest BCUT2D eigenvalue weighted by molar-refractivity contribution is 0.231. The number of carbonyl (C=O) groups is 1. The van der Waals surface area contributed by atoms with E-state index in [-0.39, 0.29) is 24.6 Å². The molecule has 0 unspecified atom stereocenters. The number of urea groups is 1. The van der Waals surface area contributed by atoms with Crippen molar-refractivity contribution in [2.45, 2.75) is 23.8 Å². The third kappa shape index (κ3) is 5.10. The van der Waals surface area contributed by atoms with E-state index in [1.807, 2.05) is 12.2 Å². The van der Waals surface area contributed by atoms with E-state index in [0.29, 0.717) is 6.54 Å². The molecule has 0 aliphatic heterocycles. The van der Waals surface area contributed by atoms with Gasteiger partial charge in [0.1, 0.15) is 0 Å².